The standard InChI is InChI=1S/C21H28N2O3/c1-3-25-18-10-8-17(9-11-18)21(24)22-15-19(20-12-7-16(2)26-20)23-13-5-4-6-14-23/h7-12,19H,3-6,13-15H2,1-2H3,(H,22,24). The number of likely N-dealkylation sites (tertiary alicyclic amines) is 1. The lowest BCUT2D eigenvalue weighted by Crippen LogP contribution is -2.40. The van der Waals surface area contributed by atoms with Crippen LogP contribution in [0.2, 0.25) is 0 Å². The number of amides is 1. The van der Waals surface area contributed by atoms with E-state index in [9.17, 15) is 4.79 Å². The van der Waals surface area contributed by atoms with Gasteiger partial charge in [-0.2, -0.15) is 0 Å². The van der Waals surface area contributed by atoms with Gasteiger partial charge in [-0.3, -0.25) is 9.69 Å². The molecule has 1 amide bonds. The van der Waals surface area contributed by atoms with E-state index in [-0.39, 0.29) is 11.9 Å². The maximum Gasteiger partial charge on any atom is 0.251 e. The van der Waals surface area contributed by atoms with E-state index in [1.807, 2.05) is 38.1 Å². The zero-order valence-corrected chi connectivity index (χ0v) is 15.7. The van der Waals surface area contributed by atoms with Crippen molar-refractivity contribution in [3.8, 4) is 5.75 Å². The number of carbonyl (C=O) groups excluding carboxylic acids is 1. The maximum atomic E-state index is 12.5. The van der Waals surface area contributed by atoms with Gasteiger partial charge in [-0.15, -0.1) is 0 Å². The van der Waals surface area contributed by atoms with Gasteiger partial charge < -0.3 is 14.5 Å². The van der Waals surface area contributed by atoms with Crippen LogP contribution in [0.4, 0.5) is 0 Å². The molecule has 2 aromatic rings. The van der Waals surface area contributed by atoms with Gasteiger partial charge in [0.2, 0.25) is 0 Å². The first kappa shape index (κ1) is 18.5. The van der Waals surface area contributed by atoms with Gasteiger partial charge in [-0.1, -0.05) is 6.42 Å². The first-order valence-electron chi connectivity index (χ1n) is 9.49. The average molecular weight is 356 g/mol. The Morgan fingerprint density at radius 2 is 1.88 bits per heavy atom. The Morgan fingerprint density at radius 1 is 1.15 bits per heavy atom. The molecule has 1 atom stereocenters. The number of furan rings is 1. The van der Waals surface area contributed by atoms with Crippen molar-refractivity contribution in [1.82, 2.24) is 10.2 Å². The molecule has 140 valence electrons. The molecule has 1 saturated heterocycles. The van der Waals surface area contributed by atoms with Gasteiger partial charge in [0.1, 0.15) is 17.3 Å². The number of nitrogens with zero attached hydrogens (tertiary/aromatic N) is 1. The highest BCUT2D eigenvalue weighted by atomic mass is 16.5. The molecule has 1 aromatic carbocycles. The van der Waals surface area contributed by atoms with E-state index in [2.05, 4.69) is 10.2 Å². The fraction of sp³-hybridized carbons (Fsp3) is 0.476. The number of hydrogen-bond donors (Lipinski definition) is 1. The molecule has 1 fully saturated rings. The zero-order chi connectivity index (χ0) is 18.4. The van der Waals surface area contributed by atoms with Gasteiger partial charge in [0, 0.05) is 12.1 Å². The Kier molecular flexibility index (Phi) is 6.34. The number of aryl methyl sites for hydroxylation is 1. The Hall–Kier alpha value is -2.27. The molecule has 26 heavy (non-hydrogen) atoms. The summed E-state index contributed by atoms with van der Waals surface area (Å²) in [5.74, 6) is 2.54. The molecular formula is C21H28N2O3. The summed E-state index contributed by atoms with van der Waals surface area (Å²) in [5.41, 5.74) is 0.640. The molecule has 1 N–H and O–H groups in total. The minimum atomic E-state index is -0.0710. The lowest BCUT2D eigenvalue weighted by molar-refractivity contribution is 0.0913. The smallest absolute Gasteiger partial charge is 0.251 e. The third-order valence-corrected chi connectivity index (χ3v) is 4.80. The van der Waals surface area contributed by atoms with Crippen LogP contribution in [0.1, 0.15) is 54.1 Å². The van der Waals surface area contributed by atoms with Crippen LogP contribution < -0.4 is 10.1 Å². The van der Waals surface area contributed by atoms with Crippen molar-refractivity contribution < 1.29 is 13.9 Å². The number of piperidine rings is 1. The number of benzene rings is 1. The van der Waals surface area contributed by atoms with Crippen molar-refractivity contribution in [3.63, 3.8) is 0 Å². The van der Waals surface area contributed by atoms with Crippen molar-refractivity contribution in [2.75, 3.05) is 26.2 Å². The predicted octanol–water partition coefficient (Wildman–Crippen LogP) is 3.94. The van der Waals surface area contributed by atoms with Crippen molar-refractivity contribution in [3.05, 3.63) is 53.5 Å². The first-order valence-corrected chi connectivity index (χ1v) is 9.49. The molecule has 1 aliphatic rings. The van der Waals surface area contributed by atoms with E-state index in [1.54, 1.807) is 12.1 Å². The van der Waals surface area contributed by atoms with Gasteiger partial charge in [0.25, 0.3) is 5.91 Å². The molecule has 1 unspecified atom stereocenters. The van der Waals surface area contributed by atoms with E-state index in [0.29, 0.717) is 18.7 Å². The first-order chi connectivity index (χ1) is 12.7. The van der Waals surface area contributed by atoms with Crippen molar-refractivity contribution >= 4 is 5.91 Å². The van der Waals surface area contributed by atoms with Crippen LogP contribution in [0.25, 0.3) is 0 Å². The van der Waals surface area contributed by atoms with E-state index in [4.69, 9.17) is 9.15 Å². The van der Waals surface area contributed by atoms with Crippen LogP contribution in [0.5, 0.6) is 5.75 Å². The molecule has 0 bridgehead atoms. The number of ether oxygens (including phenoxy) is 1. The van der Waals surface area contributed by atoms with Crippen LogP contribution in [-0.4, -0.2) is 37.0 Å². The third-order valence-electron chi connectivity index (χ3n) is 4.80. The molecule has 0 spiro atoms. The summed E-state index contributed by atoms with van der Waals surface area (Å²) in [7, 11) is 0. The van der Waals surface area contributed by atoms with E-state index < -0.39 is 0 Å². The van der Waals surface area contributed by atoms with Gasteiger partial charge >= 0.3 is 0 Å². The molecule has 5 heteroatoms. The normalized spacial score (nSPS) is 16.2. The van der Waals surface area contributed by atoms with E-state index >= 15 is 0 Å². The second-order valence-electron chi connectivity index (χ2n) is 6.73. The van der Waals surface area contributed by atoms with Crippen LogP contribution in [0.3, 0.4) is 0 Å². The summed E-state index contributed by atoms with van der Waals surface area (Å²) in [4.78, 5) is 15.0. The lowest BCUT2D eigenvalue weighted by Gasteiger charge is -2.33. The Labute approximate surface area is 155 Å². The number of rotatable bonds is 7. The third kappa shape index (κ3) is 4.67. The van der Waals surface area contributed by atoms with E-state index in [0.717, 1.165) is 30.4 Å². The SMILES string of the molecule is CCOc1ccc(C(=O)NCC(c2ccc(C)o2)N2CCCCC2)cc1. The van der Waals surface area contributed by atoms with Gasteiger partial charge in [0.05, 0.1) is 12.6 Å². The van der Waals surface area contributed by atoms with Crippen LogP contribution >= 0.6 is 0 Å². The summed E-state index contributed by atoms with van der Waals surface area (Å²) in [5, 5.41) is 3.07. The van der Waals surface area contributed by atoms with Gasteiger partial charge in [-0.25, -0.2) is 0 Å². The largest absolute Gasteiger partial charge is 0.494 e. The van der Waals surface area contributed by atoms with Gasteiger partial charge in [-0.05, 0) is 76.2 Å². The molecule has 1 aromatic heterocycles. The second kappa shape index (κ2) is 8.90. The zero-order valence-electron chi connectivity index (χ0n) is 15.7. The highest BCUT2D eigenvalue weighted by Crippen LogP contribution is 2.26. The monoisotopic (exact) mass is 356 g/mol. The summed E-state index contributed by atoms with van der Waals surface area (Å²) in [6, 6.07) is 11.3. The summed E-state index contributed by atoms with van der Waals surface area (Å²) < 4.78 is 11.3. The summed E-state index contributed by atoms with van der Waals surface area (Å²) >= 11 is 0. The van der Waals surface area contributed by atoms with Crippen LogP contribution in [-0.2, 0) is 0 Å². The van der Waals surface area contributed by atoms with Crippen molar-refractivity contribution in [2.24, 2.45) is 0 Å². The molecule has 2 heterocycles. The average Bonchev–Trinajstić information content (AvgIpc) is 3.09. The molecule has 5 nitrogen and oxygen atoms in total. The van der Waals surface area contributed by atoms with Crippen LogP contribution in [0, 0.1) is 6.92 Å². The Balaban J connectivity index is 1.65. The molecule has 3 rings (SSSR count). The molecule has 0 saturated carbocycles. The number of hydrogen-bond acceptors (Lipinski definition) is 4. The Bertz CT molecular complexity index is 702. The quantitative estimate of drug-likeness (QED) is 0.816. The topological polar surface area (TPSA) is 54.7 Å². The second-order valence-corrected chi connectivity index (χ2v) is 6.73. The highest BCUT2D eigenvalue weighted by Gasteiger charge is 2.25. The summed E-state index contributed by atoms with van der Waals surface area (Å²) in [6.07, 6.45) is 3.67. The van der Waals surface area contributed by atoms with Crippen molar-refractivity contribution in [1.29, 1.82) is 0 Å². The molecular weight excluding hydrogens is 328 g/mol. The van der Waals surface area contributed by atoms with Crippen molar-refractivity contribution in [2.45, 2.75) is 39.2 Å². The minimum Gasteiger partial charge on any atom is -0.494 e. The van der Waals surface area contributed by atoms with Gasteiger partial charge in [0.15, 0.2) is 0 Å². The minimum absolute atomic E-state index is 0.0710. The molecule has 0 aliphatic carbocycles. The maximum absolute atomic E-state index is 12.5. The molecule has 1 aliphatic heterocycles. The Morgan fingerprint density at radius 3 is 2.50 bits per heavy atom. The predicted molar refractivity (Wildman–Crippen MR) is 102 cm³/mol. The van der Waals surface area contributed by atoms with Crippen LogP contribution in [0.15, 0.2) is 40.8 Å². The fourth-order valence-electron chi connectivity index (χ4n) is 3.43. The van der Waals surface area contributed by atoms with E-state index in [1.165, 1.54) is 19.3 Å². The highest BCUT2D eigenvalue weighted by molar-refractivity contribution is 5.94. The number of carbonyl (C=O) groups is 1. The lowest BCUT2D eigenvalue weighted by atomic mass is 10.1. The summed E-state index contributed by atoms with van der Waals surface area (Å²) in [6.45, 7) is 7.14. The number of nitrogens with one attached hydrogen (secondary N) is 1. The fourth-order valence-corrected chi connectivity index (χ4v) is 3.43. The molecule has 0 radical (unpaired) electrons.